The van der Waals surface area contributed by atoms with E-state index in [9.17, 15) is 9.90 Å². The fourth-order valence-corrected chi connectivity index (χ4v) is 1.34. The molecule has 0 unspecified atom stereocenters. The van der Waals surface area contributed by atoms with Crippen LogP contribution < -0.4 is 5.43 Å². The lowest BCUT2D eigenvalue weighted by Crippen LogP contribution is -2.17. The van der Waals surface area contributed by atoms with Gasteiger partial charge in [0.05, 0.1) is 6.21 Å². The van der Waals surface area contributed by atoms with Crippen molar-refractivity contribution in [3.63, 3.8) is 0 Å². The Labute approximate surface area is 104 Å². The maximum absolute atomic E-state index is 11.6. The van der Waals surface area contributed by atoms with Gasteiger partial charge in [-0.1, -0.05) is 12.1 Å². The number of aromatic hydroxyl groups is 1. The molecular formula is C13H11N3O2. The number of rotatable bonds is 3. The lowest BCUT2D eigenvalue weighted by molar-refractivity contribution is 0.0955. The first-order valence-electron chi connectivity index (χ1n) is 5.28. The van der Waals surface area contributed by atoms with Crippen molar-refractivity contribution in [2.45, 2.75) is 0 Å². The second-order valence-corrected chi connectivity index (χ2v) is 3.53. The van der Waals surface area contributed by atoms with Crippen LogP contribution in [0, 0.1) is 0 Å². The minimum atomic E-state index is -0.311. The van der Waals surface area contributed by atoms with Crippen LogP contribution in [0.25, 0.3) is 0 Å². The van der Waals surface area contributed by atoms with Crippen LogP contribution in [-0.2, 0) is 0 Å². The number of phenolic OH excluding ortho intramolecular Hbond substituents is 1. The van der Waals surface area contributed by atoms with E-state index in [1.54, 1.807) is 36.4 Å². The van der Waals surface area contributed by atoms with Gasteiger partial charge in [-0.2, -0.15) is 5.10 Å². The topological polar surface area (TPSA) is 74.6 Å². The Morgan fingerprint density at radius 3 is 2.78 bits per heavy atom. The van der Waals surface area contributed by atoms with Gasteiger partial charge in [0.25, 0.3) is 5.91 Å². The quantitative estimate of drug-likeness (QED) is 0.632. The molecule has 0 aliphatic heterocycles. The van der Waals surface area contributed by atoms with Crippen molar-refractivity contribution in [1.82, 2.24) is 10.4 Å². The molecule has 1 aromatic carbocycles. The number of hydrogen-bond donors (Lipinski definition) is 2. The Morgan fingerprint density at radius 1 is 1.28 bits per heavy atom. The van der Waals surface area contributed by atoms with Gasteiger partial charge < -0.3 is 5.11 Å². The van der Waals surface area contributed by atoms with Gasteiger partial charge in [0.15, 0.2) is 0 Å². The van der Waals surface area contributed by atoms with Crippen LogP contribution in [0.15, 0.2) is 53.9 Å². The van der Waals surface area contributed by atoms with Gasteiger partial charge >= 0.3 is 0 Å². The van der Waals surface area contributed by atoms with Crippen molar-refractivity contribution < 1.29 is 9.90 Å². The molecule has 2 rings (SSSR count). The van der Waals surface area contributed by atoms with Crippen molar-refractivity contribution in [1.29, 1.82) is 0 Å². The summed E-state index contributed by atoms with van der Waals surface area (Å²) < 4.78 is 0. The molecule has 18 heavy (non-hydrogen) atoms. The maximum atomic E-state index is 11.6. The first-order valence-corrected chi connectivity index (χ1v) is 5.28. The Balaban J connectivity index is 1.98. The summed E-state index contributed by atoms with van der Waals surface area (Å²) in [7, 11) is 0. The number of pyridine rings is 1. The first kappa shape index (κ1) is 11.8. The van der Waals surface area contributed by atoms with Crippen LogP contribution in [0.4, 0.5) is 0 Å². The highest BCUT2D eigenvalue weighted by Gasteiger charge is 2.01. The molecule has 0 radical (unpaired) electrons. The minimum Gasteiger partial charge on any atom is -0.508 e. The number of carbonyl (C=O) groups is 1. The maximum Gasteiger partial charge on any atom is 0.271 e. The smallest absolute Gasteiger partial charge is 0.271 e. The molecule has 1 amide bonds. The van der Waals surface area contributed by atoms with Crippen LogP contribution in [0.3, 0.4) is 0 Å². The summed E-state index contributed by atoms with van der Waals surface area (Å²) >= 11 is 0. The third kappa shape index (κ3) is 3.15. The fraction of sp³-hybridized carbons (Fsp3) is 0. The highest BCUT2D eigenvalue weighted by atomic mass is 16.3. The van der Waals surface area contributed by atoms with Crippen molar-refractivity contribution in [3.8, 4) is 5.75 Å². The summed E-state index contributed by atoms with van der Waals surface area (Å²) in [6.07, 6.45) is 4.53. The number of hydrogen-bond acceptors (Lipinski definition) is 4. The first-order chi connectivity index (χ1) is 8.75. The van der Waals surface area contributed by atoms with E-state index in [1.807, 2.05) is 0 Å². The van der Waals surface area contributed by atoms with Crippen LogP contribution in [-0.4, -0.2) is 22.2 Å². The Kier molecular flexibility index (Phi) is 3.66. The van der Waals surface area contributed by atoms with Gasteiger partial charge in [0.2, 0.25) is 0 Å². The number of aromatic nitrogens is 1. The number of phenols is 1. The van der Waals surface area contributed by atoms with E-state index in [0.717, 1.165) is 0 Å². The van der Waals surface area contributed by atoms with Gasteiger partial charge in [-0.25, -0.2) is 5.43 Å². The van der Waals surface area contributed by atoms with E-state index in [0.29, 0.717) is 11.1 Å². The molecule has 90 valence electrons. The summed E-state index contributed by atoms with van der Waals surface area (Å²) in [5.74, 6) is -0.159. The predicted octanol–water partition coefficient (Wildman–Crippen LogP) is 1.55. The number of amides is 1. The summed E-state index contributed by atoms with van der Waals surface area (Å²) in [6, 6.07) is 9.76. The molecule has 2 N–H and O–H groups in total. The van der Waals surface area contributed by atoms with E-state index in [1.165, 1.54) is 18.6 Å². The molecule has 1 heterocycles. The molecule has 0 saturated heterocycles. The summed E-state index contributed by atoms with van der Waals surface area (Å²) in [6.45, 7) is 0. The van der Waals surface area contributed by atoms with Crippen molar-refractivity contribution in [2.75, 3.05) is 0 Å². The molecule has 0 aliphatic carbocycles. The third-order valence-corrected chi connectivity index (χ3v) is 2.19. The van der Waals surface area contributed by atoms with Gasteiger partial charge in [-0.05, 0) is 29.8 Å². The van der Waals surface area contributed by atoms with E-state index >= 15 is 0 Å². The molecule has 0 fully saturated rings. The van der Waals surface area contributed by atoms with Crippen molar-refractivity contribution in [2.24, 2.45) is 5.10 Å². The molecule has 2 aromatic rings. The monoisotopic (exact) mass is 241 g/mol. The lowest BCUT2D eigenvalue weighted by Gasteiger charge is -1.98. The predicted molar refractivity (Wildman–Crippen MR) is 67.4 cm³/mol. The largest absolute Gasteiger partial charge is 0.508 e. The SMILES string of the molecule is O=C(N/N=C/c1cccc(O)c1)c1ccncc1. The fourth-order valence-electron chi connectivity index (χ4n) is 1.34. The van der Waals surface area contributed by atoms with Gasteiger partial charge in [-0.3, -0.25) is 9.78 Å². The molecule has 1 aromatic heterocycles. The number of nitrogens with zero attached hydrogens (tertiary/aromatic N) is 2. The number of benzene rings is 1. The number of hydrazone groups is 1. The molecule has 0 atom stereocenters. The average molecular weight is 241 g/mol. The van der Waals surface area contributed by atoms with Gasteiger partial charge in [-0.15, -0.1) is 0 Å². The Hall–Kier alpha value is -2.69. The Bertz CT molecular complexity index is 567. The third-order valence-electron chi connectivity index (χ3n) is 2.19. The standard InChI is InChI=1S/C13H11N3O2/c17-12-3-1-2-10(8-12)9-15-16-13(18)11-4-6-14-7-5-11/h1-9,17H,(H,16,18)/b15-9+. The van der Waals surface area contributed by atoms with Crippen LogP contribution in [0.2, 0.25) is 0 Å². The zero-order valence-corrected chi connectivity index (χ0v) is 9.45. The number of carbonyl (C=O) groups excluding carboxylic acids is 1. The molecule has 0 saturated carbocycles. The zero-order valence-electron chi connectivity index (χ0n) is 9.45. The van der Waals surface area contributed by atoms with Crippen LogP contribution >= 0.6 is 0 Å². The summed E-state index contributed by atoms with van der Waals surface area (Å²) in [4.78, 5) is 15.4. The van der Waals surface area contributed by atoms with E-state index in [-0.39, 0.29) is 11.7 Å². The molecule has 0 bridgehead atoms. The van der Waals surface area contributed by atoms with Gasteiger partial charge in [0.1, 0.15) is 5.75 Å². The Morgan fingerprint density at radius 2 is 2.06 bits per heavy atom. The summed E-state index contributed by atoms with van der Waals surface area (Å²) in [5.41, 5.74) is 3.57. The minimum absolute atomic E-state index is 0.152. The average Bonchev–Trinajstić information content (AvgIpc) is 2.40. The highest BCUT2D eigenvalue weighted by Crippen LogP contribution is 2.08. The van der Waals surface area contributed by atoms with E-state index < -0.39 is 0 Å². The normalized spacial score (nSPS) is 10.4. The molecule has 5 nitrogen and oxygen atoms in total. The van der Waals surface area contributed by atoms with E-state index in [4.69, 9.17) is 0 Å². The molecular weight excluding hydrogens is 230 g/mol. The van der Waals surface area contributed by atoms with Crippen molar-refractivity contribution >= 4 is 12.1 Å². The molecule has 0 spiro atoms. The van der Waals surface area contributed by atoms with Crippen LogP contribution in [0.5, 0.6) is 5.75 Å². The summed E-state index contributed by atoms with van der Waals surface area (Å²) in [5, 5.41) is 13.0. The van der Waals surface area contributed by atoms with Crippen LogP contribution in [0.1, 0.15) is 15.9 Å². The lowest BCUT2D eigenvalue weighted by atomic mass is 10.2. The molecule has 5 heteroatoms. The second kappa shape index (κ2) is 5.58. The second-order valence-electron chi connectivity index (χ2n) is 3.53. The van der Waals surface area contributed by atoms with Crippen molar-refractivity contribution in [3.05, 3.63) is 59.9 Å². The molecule has 0 aliphatic rings. The van der Waals surface area contributed by atoms with E-state index in [2.05, 4.69) is 15.5 Å². The highest BCUT2D eigenvalue weighted by molar-refractivity contribution is 5.94. The number of nitrogens with one attached hydrogen (secondary N) is 1. The zero-order chi connectivity index (χ0) is 12.8. The van der Waals surface area contributed by atoms with Gasteiger partial charge in [0, 0.05) is 18.0 Å².